The fourth-order valence-electron chi connectivity index (χ4n) is 3.69. The summed E-state index contributed by atoms with van der Waals surface area (Å²) in [7, 11) is 0. The van der Waals surface area contributed by atoms with Crippen LogP contribution in [-0.2, 0) is 4.79 Å². The van der Waals surface area contributed by atoms with Gasteiger partial charge in [-0.05, 0) is 42.5 Å². The second-order valence-electron chi connectivity index (χ2n) is 7.04. The maximum atomic E-state index is 13.4. The number of carbonyl (C=O) groups excluding carboxylic acids is 1. The van der Waals surface area contributed by atoms with Gasteiger partial charge in [-0.15, -0.1) is 0 Å². The van der Waals surface area contributed by atoms with Crippen LogP contribution in [0.15, 0.2) is 77.6 Å². The van der Waals surface area contributed by atoms with Gasteiger partial charge in [0.1, 0.15) is 5.82 Å². The van der Waals surface area contributed by atoms with Crippen LogP contribution in [0.1, 0.15) is 21.7 Å². The number of aromatic nitrogens is 2. The van der Waals surface area contributed by atoms with Gasteiger partial charge in [-0.2, -0.15) is 0 Å². The lowest BCUT2D eigenvalue weighted by Gasteiger charge is -2.12. The Morgan fingerprint density at radius 2 is 1.74 bits per heavy atom. The molecule has 0 fully saturated rings. The number of carboxylic acids is 1. The second-order valence-corrected chi connectivity index (χ2v) is 7.04. The van der Waals surface area contributed by atoms with Gasteiger partial charge in [0, 0.05) is 11.3 Å². The molecule has 0 bridgehead atoms. The highest BCUT2D eigenvalue weighted by Gasteiger charge is 2.24. The topological polar surface area (TPSA) is 101 Å². The zero-order chi connectivity index (χ0) is 21.5. The van der Waals surface area contributed by atoms with Crippen molar-refractivity contribution in [1.29, 1.82) is 0 Å². The molecule has 7 heteroatoms. The van der Waals surface area contributed by atoms with Crippen molar-refractivity contribution in [2.45, 2.75) is 0 Å². The molecule has 0 saturated carbocycles. The summed E-state index contributed by atoms with van der Waals surface area (Å²) < 4.78 is 1.33. The summed E-state index contributed by atoms with van der Waals surface area (Å²) in [6.07, 6.45) is 1.56. The molecule has 0 saturated heterocycles. The smallest absolute Gasteiger partial charge is 0.335 e. The number of nitrogens with zero attached hydrogens (tertiary/aromatic N) is 2. The Hall–Kier alpha value is -4.52. The predicted molar refractivity (Wildman–Crippen MR) is 117 cm³/mol. The number of fused-ring (bicyclic) bond motifs is 2. The average molecular weight is 409 g/mol. The Kier molecular flexibility index (Phi) is 4.22. The van der Waals surface area contributed by atoms with Crippen molar-refractivity contribution < 1.29 is 14.7 Å². The number of amides is 1. The van der Waals surface area contributed by atoms with Gasteiger partial charge in [-0.25, -0.2) is 9.78 Å². The highest BCUT2D eigenvalue weighted by molar-refractivity contribution is 6.34. The van der Waals surface area contributed by atoms with E-state index in [0.29, 0.717) is 33.4 Å². The fourth-order valence-corrected chi connectivity index (χ4v) is 3.69. The van der Waals surface area contributed by atoms with Crippen molar-refractivity contribution in [2.24, 2.45) is 0 Å². The minimum absolute atomic E-state index is 0.0418. The molecule has 2 heterocycles. The summed E-state index contributed by atoms with van der Waals surface area (Å²) in [6.45, 7) is 0. The van der Waals surface area contributed by atoms with E-state index < -0.39 is 5.97 Å². The second kappa shape index (κ2) is 7.07. The molecule has 7 nitrogen and oxygen atoms in total. The number of carbonyl (C=O) groups is 2. The number of aromatic carboxylic acids is 1. The zero-order valence-electron chi connectivity index (χ0n) is 16.1. The molecule has 31 heavy (non-hydrogen) atoms. The van der Waals surface area contributed by atoms with E-state index in [9.17, 15) is 19.5 Å². The SMILES string of the molecule is O=C1Nc2ccccc2/C1=C/c1nc2ccccc2c(=O)n1-c1cccc(C(=O)O)c1. The molecule has 0 aliphatic carbocycles. The molecule has 1 aliphatic heterocycles. The molecule has 3 aromatic carbocycles. The lowest BCUT2D eigenvalue weighted by molar-refractivity contribution is -0.110. The monoisotopic (exact) mass is 409 g/mol. The van der Waals surface area contributed by atoms with Crippen molar-refractivity contribution in [3.8, 4) is 5.69 Å². The summed E-state index contributed by atoms with van der Waals surface area (Å²) >= 11 is 0. The zero-order valence-corrected chi connectivity index (χ0v) is 16.1. The molecule has 0 unspecified atom stereocenters. The van der Waals surface area contributed by atoms with Crippen molar-refractivity contribution in [2.75, 3.05) is 5.32 Å². The quantitative estimate of drug-likeness (QED) is 0.504. The molecule has 1 aliphatic rings. The van der Waals surface area contributed by atoms with Crippen molar-refractivity contribution in [3.05, 3.63) is 100 Å². The fraction of sp³-hybridized carbons (Fsp3) is 0. The summed E-state index contributed by atoms with van der Waals surface area (Å²) in [4.78, 5) is 42.1. The lowest BCUT2D eigenvalue weighted by atomic mass is 10.1. The molecule has 1 amide bonds. The van der Waals surface area contributed by atoms with Crippen LogP contribution < -0.4 is 10.9 Å². The number of benzene rings is 3. The number of hydrogen-bond acceptors (Lipinski definition) is 4. The van der Waals surface area contributed by atoms with Crippen LogP contribution in [0.3, 0.4) is 0 Å². The first-order valence-corrected chi connectivity index (χ1v) is 9.51. The van der Waals surface area contributed by atoms with Crippen LogP contribution in [-0.4, -0.2) is 26.5 Å². The molecule has 150 valence electrons. The number of para-hydroxylation sites is 2. The Morgan fingerprint density at radius 1 is 0.968 bits per heavy atom. The summed E-state index contributed by atoms with van der Waals surface area (Å²) in [5.74, 6) is -1.17. The van der Waals surface area contributed by atoms with Crippen LogP contribution in [0.5, 0.6) is 0 Å². The van der Waals surface area contributed by atoms with Crippen molar-refractivity contribution >= 4 is 40.1 Å². The summed E-state index contributed by atoms with van der Waals surface area (Å²) in [5, 5.41) is 12.6. The molecule has 5 rings (SSSR count). The molecule has 2 N–H and O–H groups in total. The first-order chi connectivity index (χ1) is 15.0. The molecule has 0 radical (unpaired) electrons. The van der Waals surface area contributed by atoms with Crippen LogP contribution in [0.2, 0.25) is 0 Å². The molecule has 1 aromatic heterocycles. The first-order valence-electron chi connectivity index (χ1n) is 9.51. The summed E-state index contributed by atoms with van der Waals surface area (Å²) in [5.41, 5.74) is 2.29. The number of carboxylic acid groups (broad SMARTS) is 1. The van der Waals surface area contributed by atoms with Gasteiger partial charge < -0.3 is 10.4 Å². The van der Waals surface area contributed by atoms with Gasteiger partial charge in [0.15, 0.2) is 0 Å². The molecular formula is C24H15N3O4. The number of hydrogen-bond donors (Lipinski definition) is 2. The number of nitrogens with one attached hydrogen (secondary N) is 1. The normalized spacial score (nSPS) is 13.9. The van der Waals surface area contributed by atoms with Gasteiger partial charge in [0.05, 0.1) is 27.7 Å². The van der Waals surface area contributed by atoms with Gasteiger partial charge in [-0.3, -0.25) is 14.2 Å². The van der Waals surface area contributed by atoms with Crippen LogP contribution in [0.25, 0.3) is 28.2 Å². The highest BCUT2D eigenvalue weighted by atomic mass is 16.4. The highest BCUT2D eigenvalue weighted by Crippen LogP contribution is 2.32. The summed E-state index contributed by atoms with van der Waals surface area (Å²) in [6, 6.07) is 20.2. The Bertz CT molecular complexity index is 1480. The van der Waals surface area contributed by atoms with E-state index in [1.807, 2.05) is 18.2 Å². The van der Waals surface area contributed by atoms with E-state index in [4.69, 9.17) is 0 Å². The maximum absolute atomic E-state index is 13.4. The Balaban J connectivity index is 1.82. The molecule has 0 atom stereocenters. The van der Waals surface area contributed by atoms with E-state index in [1.54, 1.807) is 48.5 Å². The molecule has 4 aromatic rings. The van der Waals surface area contributed by atoms with E-state index in [2.05, 4.69) is 10.3 Å². The van der Waals surface area contributed by atoms with Crippen LogP contribution >= 0.6 is 0 Å². The third-order valence-electron chi connectivity index (χ3n) is 5.14. The van der Waals surface area contributed by atoms with Gasteiger partial charge in [-0.1, -0.05) is 36.4 Å². The first kappa shape index (κ1) is 18.5. The minimum atomic E-state index is -1.10. The van der Waals surface area contributed by atoms with Crippen molar-refractivity contribution in [3.63, 3.8) is 0 Å². The minimum Gasteiger partial charge on any atom is -0.478 e. The molecule has 0 spiro atoms. The van der Waals surface area contributed by atoms with Gasteiger partial charge >= 0.3 is 5.97 Å². The average Bonchev–Trinajstić information content (AvgIpc) is 3.09. The lowest BCUT2D eigenvalue weighted by Crippen LogP contribution is -2.23. The maximum Gasteiger partial charge on any atom is 0.335 e. The Labute approximate surface area is 175 Å². The number of anilines is 1. The van der Waals surface area contributed by atoms with Crippen LogP contribution in [0.4, 0.5) is 5.69 Å². The van der Waals surface area contributed by atoms with Gasteiger partial charge in [0.25, 0.3) is 11.5 Å². The third kappa shape index (κ3) is 3.08. The van der Waals surface area contributed by atoms with E-state index in [0.717, 1.165) is 0 Å². The van der Waals surface area contributed by atoms with E-state index in [-0.39, 0.29) is 22.9 Å². The van der Waals surface area contributed by atoms with E-state index >= 15 is 0 Å². The Morgan fingerprint density at radius 3 is 2.58 bits per heavy atom. The van der Waals surface area contributed by atoms with E-state index in [1.165, 1.54) is 16.7 Å². The van der Waals surface area contributed by atoms with Crippen LogP contribution in [0, 0.1) is 0 Å². The predicted octanol–water partition coefficient (Wildman–Crippen LogP) is 3.58. The standard InChI is InChI=1S/C24H15N3O4/c28-22-18(16-8-1-3-10-19(16)26-22)13-21-25-20-11-4-2-9-17(20)23(29)27(21)15-7-5-6-14(12-15)24(30)31/h1-13H,(H,26,28)(H,30,31)/b18-13-. The largest absolute Gasteiger partial charge is 0.478 e. The third-order valence-corrected chi connectivity index (χ3v) is 5.14. The number of rotatable bonds is 3. The van der Waals surface area contributed by atoms with Crippen molar-refractivity contribution in [1.82, 2.24) is 9.55 Å². The van der Waals surface area contributed by atoms with Gasteiger partial charge in [0.2, 0.25) is 0 Å². The molecular weight excluding hydrogens is 394 g/mol.